The minimum absolute atomic E-state index is 0.777. The van der Waals surface area contributed by atoms with E-state index in [1.165, 1.54) is 44.5 Å². The molecule has 122 valence electrons. The molecule has 24 heavy (non-hydrogen) atoms. The Morgan fingerprint density at radius 1 is 0.458 bits per heavy atom. The Kier molecular flexibility index (Phi) is 4.71. The van der Waals surface area contributed by atoms with Crippen molar-refractivity contribution in [3.8, 4) is 22.3 Å². The third kappa shape index (κ3) is 3.22. The zero-order valence-electron chi connectivity index (χ0n) is 14.4. The fourth-order valence-corrected chi connectivity index (χ4v) is 3.71. The second-order valence-electron chi connectivity index (χ2n) is 6.40. The highest BCUT2D eigenvalue weighted by atomic mass is 35.5. The van der Waals surface area contributed by atoms with Crippen LogP contribution >= 0.6 is 23.2 Å². The lowest BCUT2D eigenvalue weighted by Gasteiger charge is -2.16. The Labute approximate surface area is 154 Å². The SMILES string of the molecule is Cc1cc(Cl)ccc1-c1cc(C)c(-c2ccc(Cl)cc2C)cc1C. The second kappa shape index (κ2) is 6.63. The van der Waals surface area contributed by atoms with Crippen molar-refractivity contribution >= 4 is 23.2 Å². The molecule has 0 aliphatic carbocycles. The summed E-state index contributed by atoms with van der Waals surface area (Å²) in [6.45, 7) is 8.54. The van der Waals surface area contributed by atoms with Crippen LogP contribution in [-0.4, -0.2) is 0 Å². The van der Waals surface area contributed by atoms with E-state index < -0.39 is 0 Å². The quantitative estimate of drug-likeness (QED) is 0.445. The first kappa shape index (κ1) is 17.1. The van der Waals surface area contributed by atoms with E-state index in [0.29, 0.717) is 0 Å². The van der Waals surface area contributed by atoms with E-state index in [0.717, 1.165) is 10.0 Å². The Balaban J connectivity index is 2.15. The topological polar surface area (TPSA) is 0 Å². The molecule has 3 rings (SSSR count). The third-order valence-electron chi connectivity index (χ3n) is 4.53. The maximum Gasteiger partial charge on any atom is 0.0409 e. The standard InChI is InChI=1S/C22H20Cl2/c1-13-9-17(23)5-7-19(13)21-11-16(4)22(12-15(21)3)20-8-6-18(24)10-14(20)2/h5-12H,1-4H3. The molecule has 0 fully saturated rings. The summed E-state index contributed by atoms with van der Waals surface area (Å²) in [7, 11) is 0. The van der Waals surface area contributed by atoms with Crippen LogP contribution in [0, 0.1) is 27.7 Å². The van der Waals surface area contributed by atoms with Gasteiger partial charge in [-0.1, -0.05) is 47.5 Å². The predicted molar refractivity (Wildman–Crippen MR) is 106 cm³/mol. The molecule has 0 radical (unpaired) electrons. The summed E-state index contributed by atoms with van der Waals surface area (Å²) in [5, 5.41) is 1.55. The third-order valence-corrected chi connectivity index (χ3v) is 5.00. The van der Waals surface area contributed by atoms with Gasteiger partial charge in [0.2, 0.25) is 0 Å². The molecular formula is C22H20Cl2. The molecule has 0 saturated heterocycles. The van der Waals surface area contributed by atoms with Crippen LogP contribution in [0.1, 0.15) is 22.3 Å². The Bertz CT molecular complexity index is 846. The molecule has 0 aliphatic heterocycles. The first-order valence-electron chi connectivity index (χ1n) is 8.01. The van der Waals surface area contributed by atoms with Crippen molar-refractivity contribution in [2.24, 2.45) is 0 Å². The van der Waals surface area contributed by atoms with Gasteiger partial charge in [-0.25, -0.2) is 0 Å². The van der Waals surface area contributed by atoms with Gasteiger partial charge in [0, 0.05) is 10.0 Å². The number of aryl methyl sites for hydroxylation is 4. The van der Waals surface area contributed by atoms with E-state index in [9.17, 15) is 0 Å². The van der Waals surface area contributed by atoms with Crippen molar-refractivity contribution in [2.75, 3.05) is 0 Å². The molecule has 3 aromatic carbocycles. The Morgan fingerprint density at radius 3 is 1.12 bits per heavy atom. The molecule has 0 heterocycles. The van der Waals surface area contributed by atoms with E-state index in [2.05, 4.69) is 52.0 Å². The number of hydrogen-bond acceptors (Lipinski definition) is 0. The van der Waals surface area contributed by atoms with Gasteiger partial charge in [-0.15, -0.1) is 0 Å². The summed E-state index contributed by atoms with van der Waals surface area (Å²) in [5.41, 5.74) is 9.90. The first-order chi connectivity index (χ1) is 11.4. The van der Waals surface area contributed by atoms with Gasteiger partial charge >= 0.3 is 0 Å². The van der Waals surface area contributed by atoms with Gasteiger partial charge in [-0.2, -0.15) is 0 Å². The molecule has 0 amide bonds. The maximum absolute atomic E-state index is 6.10. The number of halogens is 2. The van der Waals surface area contributed by atoms with Crippen LogP contribution < -0.4 is 0 Å². The molecule has 0 atom stereocenters. The van der Waals surface area contributed by atoms with Gasteiger partial charge in [0.05, 0.1) is 0 Å². The summed E-state index contributed by atoms with van der Waals surface area (Å²) in [4.78, 5) is 0. The van der Waals surface area contributed by atoms with E-state index in [1.807, 2.05) is 24.3 Å². The highest BCUT2D eigenvalue weighted by molar-refractivity contribution is 6.31. The van der Waals surface area contributed by atoms with E-state index >= 15 is 0 Å². The zero-order valence-corrected chi connectivity index (χ0v) is 15.9. The average molecular weight is 355 g/mol. The Morgan fingerprint density at radius 2 is 0.792 bits per heavy atom. The van der Waals surface area contributed by atoms with Gasteiger partial charge in [0.15, 0.2) is 0 Å². The van der Waals surface area contributed by atoms with Crippen LogP contribution in [0.5, 0.6) is 0 Å². The molecule has 0 aliphatic rings. The molecule has 3 aromatic rings. The fourth-order valence-electron chi connectivity index (χ4n) is 3.26. The summed E-state index contributed by atoms with van der Waals surface area (Å²) in [6, 6.07) is 16.7. The molecule has 0 unspecified atom stereocenters. The molecule has 0 spiro atoms. The lowest BCUT2D eigenvalue weighted by molar-refractivity contribution is 1.35. The second-order valence-corrected chi connectivity index (χ2v) is 7.27. The molecule has 0 aromatic heterocycles. The van der Waals surface area contributed by atoms with Crippen LogP contribution in [-0.2, 0) is 0 Å². The first-order valence-corrected chi connectivity index (χ1v) is 8.76. The van der Waals surface area contributed by atoms with Crippen LogP contribution in [0.15, 0.2) is 48.5 Å². The maximum atomic E-state index is 6.10. The van der Waals surface area contributed by atoms with Gasteiger partial charge in [-0.05, 0) is 96.5 Å². The van der Waals surface area contributed by atoms with E-state index in [1.54, 1.807) is 0 Å². The van der Waals surface area contributed by atoms with Gasteiger partial charge in [0.25, 0.3) is 0 Å². The van der Waals surface area contributed by atoms with Gasteiger partial charge in [0.1, 0.15) is 0 Å². The molecule has 0 saturated carbocycles. The summed E-state index contributed by atoms with van der Waals surface area (Å²) in [6.07, 6.45) is 0. The van der Waals surface area contributed by atoms with Crippen molar-refractivity contribution in [1.82, 2.24) is 0 Å². The van der Waals surface area contributed by atoms with Crippen molar-refractivity contribution in [2.45, 2.75) is 27.7 Å². The van der Waals surface area contributed by atoms with Crippen LogP contribution in [0.25, 0.3) is 22.3 Å². The number of hydrogen-bond donors (Lipinski definition) is 0. The largest absolute Gasteiger partial charge is 0.0843 e. The fraction of sp³-hybridized carbons (Fsp3) is 0.182. The molecule has 0 N–H and O–H groups in total. The van der Waals surface area contributed by atoms with Crippen molar-refractivity contribution in [1.29, 1.82) is 0 Å². The van der Waals surface area contributed by atoms with Crippen molar-refractivity contribution in [3.05, 3.63) is 80.8 Å². The smallest absolute Gasteiger partial charge is 0.0409 e. The zero-order chi connectivity index (χ0) is 17.4. The Hall–Kier alpha value is -1.76. The van der Waals surface area contributed by atoms with Gasteiger partial charge < -0.3 is 0 Å². The highest BCUT2D eigenvalue weighted by Gasteiger charge is 2.12. The predicted octanol–water partition coefficient (Wildman–Crippen LogP) is 7.56. The summed E-state index contributed by atoms with van der Waals surface area (Å²) < 4.78 is 0. The minimum Gasteiger partial charge on any atom is -0.0843 e. The van der Waals surface area contributed by atoms with Crippen molar-refractivity contribution < 1.29 is 0 Å². The lowest BCUT2D eigenvalue weighted by Crippen LogP contribution is -1.93. The van der Waals surface area contributed by atoms with Gasteiger partial charge in [-0.3, -0.25) is 0 Å². The van der Waals surface area contributed by atoms with E-state index in [-0.39, 0.29) is 0 Å². The molecular weight excluding hydrogens is 335 g/mol. The summed E-state index contributed by atoms with van der Waals surface area (Å²) >= 11 is 12.2. The summed E-state index contributed by atoms with van der Waals surface area (Å²) in [5.74, 6) is 0. The van der Waals surface area contributed by atoms with Crippen LogP contribution in [0.4, 0.5) is 0 Å². The highest BCUT2D eigenvalue weighted by Crippen LogP contribution is 2.35. The molecule has 0 nitrogen and oxygen atoms in total. The lowest BCUT2D eigenvalue weighted by atomic mass is 9.89. The van der Waals surface area contributed by atoms with Crippen molar-refractivity contribution in [3.63, 3.8) is 0 Å². The average Bonchev–Trinajstić information content (AvgIpc) is 2.50. The molecule has 2 heteroatoms. The normalized spacial score (nSPS) is 10.9. The molecule has 0 bridgehead atoms. The minimum atomic E-state index is 0.777. The van der Waals surface area contributed by atoms with E-state index in [4.69, 9.17) is 23.2 Å². The van der Waals surface area contributed by atoms with Crippen LogP contribution in [0.2, 0.25) is 10.0 Å². The number of benzene rings is 3. The number of rotatable bonds is 2. The van der Waals surface area contributed by atoms with Crippen LogP contribution in [0.3, 0.4) is 0 Å². The monoisotopic (exact) mass is 354 g/mol.